The molecular formula is C44H26N4S2. The molecule has 10 aromatic rings. The highest BCUT2D eigenvalue weighted by atomic mass is 32.1. The smallest absolute Gasteiger partial charge is 0.124 e. The van der Waals surface area contributed by atoms with E-state index in [-0.39, 0.29) is 0 Å². The lowest BCUT2D eigenvalue weighted by molar-refractivity contribution is 1.31. The van der Waals surface area contributed by atoms with Gasteiger partial charge in [-0.1, -0.05) is 97.1 Å². The van der Waals surface area contributed by atoms with Crippen LogP contribution < -0.4 is 0 Å². The highest BCUT2D eigenvalue weighted by molar-refractivity contribution is 7.13. The largest absolute Gasteiger partial charge is 0.263 e. The second-order valence-electron chi connectivity index (χ2n) is 12.3. The Labute approximate surface area is 296 Å². The molecule has 0 spiro atoms. The zero-order valence-electron chi connectivity index (χ0n) is 26.6. The lowest BCUT2D eigenvalue weighted by Gasteiger charge is -2.22. The molecule has 0 N–H and O–H groups in total. The van der Waals surface area contributed by atoms with Crippen LogP contribution >= 0.6 is 22.7 Å². The van der Waals surface area contributed by atoms with E-state index in [2.05, 4.69) is 119 Å². The van der Waals surface area contributed by atoms with Gasteiger partial charge in [0.25, 0.3) is 0 Å². The predicted molar refractivity (Wildman–Crippen MR) is 211 cm³/mol. The third-order valence-corrected chi connectivity index (χ3v) is 11.2. The Morgan fingerprint density at radius 2 is 0.640 bits per heavy atom. The fraction of sp³-hybridized carbons (Fsp3) is 0. The van der Waals surface area contributed by atoms with Gasteiger partial charge in [-0.15, -0.1) is 22.7 Å². The van der Waals surface area contributed by atoms with Crippen LogP contribution in [0.2, 0.25) is 0 Å². The van der Waals surface area contributed by atoms with E-state index in [1.165, 1.54) is 65.3 Å². The first-order chi connectivity index (χ1) is 24.8. The average molecular weight is 675 g/mol. The third kappa shape index (κ3) is 4.57. The van der Waals surface area contributed by atoms with Crippen LogP contribution in [0.25, 0.3) is 97.6 Å². The summed E-state index contributed by atoms with van der Waals surface area (Å²) in [6.07, 6.45) is 11.5. The fourth-order valence-electron chi connectivity index (χ4n) is 7.54. The van der Waals surface area contributed by atoms with E-state index >= 15 is 0 Å². The van der Waals surface area contributed by atoms with Gasteiger partial charge in [0.05, 0.1) is 0 Å². The molecule has 0 aliphatic heterocycles. The summed E-state index contributed by atoms with van der Waals surface area (Å²) in [6.45, 7) is 0. The minimum atomic E-state index is 0.968. The van der Waals surface area contributed by atoms with E-state index in [0.717, 1.165) is 32.3 Å². The zero-order valence-corrected chi connectivity index (χ0v) is 28.2. The van der Waals surface area contributed by atoms with Crippen LogP contribution in [0.3, 0.4) is 0 Å². The molecule has 0 saturated carbocycles. The number of thiazole rings is 2. The van der Waals surface area contributed by atoms with Gasteiger partial charge in [-0.3, -0.25) is 9.97 Å². The molecule has 4 heterocycles. The summed E-state index contributed by atoms with van der Waals surface area (Å²) in [5.74, 6) is 0. The summed E-state index contributed by atoms with van der Waals surface area (Å²) in [4.78, 5) is 18.6. The Kier molecular flexibility index (Phi) is 6.82. The molecule has 0 radical (unpaired) electrons. The first-order valence-corrected chi connectivity index (χ1v) is 18.2. The standard InChI is InChI=1S/C44H26N4S2/c1-5-13-35-31(9-1)39(27-21-29(25-45-23-27)43-47-17-19-49-43)32-10-2-6-14-36(32)41(35)42-37-15-7-3-11-33(37)40(34-12-4-8-16-38(34)42)28-22-30(26-46-24-28)44-48-18-20-50-44/h1-26H. The van der Waals surface area contributed by atoms with E-state index < -0.39 is 0 Å². The monoisotopic (exact) mass is 674 g/mol. The number of hydrogen-bond donors (Lipinski definition) is 0. The first kappa shape index (κ1) is 28.9. The van der Waals surface area contributed by atoms with Gasteiger partial charge in [-0.2, -0.15) is 0 Å². The van der Waals surface area contributed by atoms with E-state index in [0.29, 0.717) is 0 Å². The maximum Gasteiger partial charge on any atom is 0.124 e. The molecule has 4 aromatic heterocycles. The van der Waals surface area contributed by atoms with Gasteiger partial charge in [0.1, 0.15) is 10.0 Å². The predicted octanol–water partition coefficient (Wildman–Crippen LogP) is 12.3. The molecular weight excluding hydrogens is 649 g/mol. The molecule has 6 heteroatoms. The van der Waals surface area contributed by atoms with Crippen molar-refractivity contribution in [2.24, 2.45) is 0 Å². The summed E-state index contributed by atoms with van der Waals surface area (Å²) in [5, 5.41) is 15.5. The van der Waals surface area contributed by atoms with E-state index in [1.54, 1.807) is 22.7 Å². The van der Waals surface area contributed by atoms with Gasteiger partial charge >= 0.3 is 0 Å². The number of hydrogen-bond acceptors (Lipinski definition) is 6. The van der Waals surface area contributed by atoms with E-state index in [4.69, 9.17) is 9.97 Å². The summed E-state index contributed by atoms with van der Waals surface area (Å²) in [7, 11) is 0. The zero-order chi connectivity index (χ0) is 33.0. The summed E-state index contributed by atoms with van der Waals surface area (Å²) < 4.78 is 0. The quantitative estimate of drug-likeness (QED) is 0.171. The molecule has 4 nitrogen and oxygen atoms in total. The van der Waals surface area contributed by atoms with Crippen molar-refractivity contribution in [3.63, 3.8) is 0 Å². The van der Waals surface area contributed by atoms with Crippen molar-refractivity contribution in [2.45, 2.75) is 0 Å². The highest BCUT2D eigenvalue weighted by Gasteiger charge is 2.23. The molecule has 0 unspecified atom stereocenters. The van der Waals surface area contributed by atoms with Crippen molar-refractivity contribution in [1.29, 1.82) is 0 Å². The SMILES string of the molecule is c1ccc2c(-c3c4ccccc4c(-c4cncc(-c5nccs5)c4)c4ccccc34)c3ccccc3c(-c3cncc(-c4nccs4)c3)c2c1. The van der Waals surface area contributed by atoms with Crippen LogP contribution in [0.5, 0.6) is 0 Å². The molecule has 0 atom stereocenters. The summed E-state index contributed by atoms with van der Waals surface area (Å²) in [6, 6.07) is 39.8. The maximum absolute atomic E-state index is 4.71. The molecule has 234 valence electrons. The second kappa shape index (κ2) is 11.8. The van der Waals surface area contributed by atoms with Gasteiger partial charge in [0.15, 0.2) is 0 Å². The normalized spacial score (nSPS) is 11.6. The molecule has 6 aromatic carbocycles. The minimum Gasteiger partial charge on any atom is -0.263 e. The third-order valence-electron chi connectivity index (χ3n) is 9.53. The van der Waals surface area contributed by atoms with Crippen molar-refractivity contribution in [1.82, 2.24) is 19.9 Å². The van der Waals surface area contributed by atoms with Gasteiger partial charge in [-0.05, 0) is 77.5 Å². The van der Waals surface area contributed by atoms with E-state index in [9.17, 15) is 0 Å². The Hall–Kier alpha value is -6.08. The highest BCUT2D eigenvalue weighted by Crippen LogP contribution is 2.50. The van der Waals surface area contributed by atoms with Crippen molar-refractivity contribution in [3.05, 3.63) is 157 Å². The van der Waals surface area contributed by atoms with Crippen LogP contribution in [-0.2, 0) is 0 Å². The molecule has 0 aliphatic carbocycles. The minimum absolute atomic E-state index is 0.968. The van der Waals surface area contributed by atoms with Crippen molar-refractivity contribution in [2.75, 3.05) is 0 Å². The van der Waals surface area contributed by atoms with Crippen LogP contribution in [0.1, 0.15) is 0 Å². The molecule has 0 saturated heterocycles. The molecule has 0 fully saturated rings. The van der Waals surface area contributed by atoms with Crippen LogP contribution in [0, 0.1) is 0 Å². The Bertz CT molecular complexity index is 2560. The summed E-state index contributed by atoms with van der Waals surface area (Å²) in [5.41, 5.74) is 9.03. The number of rotatable bonds is 5. The van der Waals surface area contributed by atoms with Crippen molar-refractivity contribution >= 4 is 65.8 Å². The number of nitrogens with zero attached hydrogens (tertiary/aromatic N) is 4. The maximum atomic E-state index is 4.71. The number of pyridine rings is 2. The first-order valence-electron chi connectivity index (χ1n) is 16.4. The fourth-order valence-corrected chi connectivity index (χ4v) is 8.78. The average Bonchev–Trinajstić information content (AvgIpc) is 3.93. The van der Waals surface area contributed by atoms with Gasteiger partial charge < -0.3 is 0 Å². The lowest BCUT2D eigenvalue weighted by atomic mass is 9.81. The molecule has 0 amide bonds. The van der Waals surface area contributed by atoms with E-state index in [1.807, 2.05) is 47.9 Å². The topological polar surface area (TPSA) is 51.6 Å². The van der Waals surface area contributed by atoms with Crippen LogP contribution in [0.4, 0.5) is 0 Å². The van der Waals surface area contributed by atoms with Crippen LogP contribution in [0.15, 0.2) is 157 Å². The van der Waals surface area contributed by atoms with Crippen LogP contribution in [-0.4, -0.2) is 19.9 Å². The lowest BCUT2D eigenvalue weighted by Crippen LogP contribution is -1.95. The van der Waals surface area contributed by atoms with Crippen molar-refractivity contribution in [3.8, 4) is 54.5 Å². The van der Waals surface area contributed by atoms with Gasteiger partial charge in [0.2, 0.25) is 0 Å². The summed E-state index contributed by atoms with van der Waals surface area (Å²) >= 11 is 3.26. The Balaban J connectivity index is 1.32. The molecule has 0 bridgehead atoms. The van der Waals surface area contributed by atoms with Gasteiger partial charge in [0, 0.05) is 70.2 Å². The number of benzene rings is 6. The number of fused-ring (bicyclic) bond motifs is 4. The Morgan fingerprint density at radius 3 is 0.940 bits per heavy atom. The number of aromatic nitrogens is 4. The van der Waals surface area contributed by atoms with Gasteiger partial charge in [-0.25, -0.2) is 9.97 Å². The van der Waals surface area contributed by atoms with Crippen molar-refractivity contribution < 1.29 is 0 Å². The molecule has 10 rings (SSSR count). The molecule has 0 aliphatic rings. The Morgan fingerprint density at radius 1 is 0.340 bits per heavy atom. The second-order valence-corrected chi connectivity index (χ2v) is 14.1. The molecule has 50 heavy (non-hydrogen) atoms.